The molecule has 19 nitrogen and oxygen atoms in total. The van der Waals surface area contributed by atoms with Crippen molar-refractivity contribution in [2.45, 2.75) is 78.4 Å². The van der Waals surface area contributed by atoms with Crippen LogP contribution in [-0.2, 0) is 36.9 Å². The molecule has 0 saturated heterocycles. The Bertz CT molecular complexity index is 4290. The van der Waals surface area contributed by atoms with E-state index >= 15 is 8.78 Å². The molecule has 0 saturated carbocycles. The van der Waals surface area contributed by atoms with Crippen LogP contribution >= 0.6 is 11.6 Å². The maximum Gasteiger partial charge on any atom is 0.282 e. The van der Waals surface area contributed by atoms with Crippen molar-refractivity contribution >= 4 is 45.0 Å². The molecule has 81 heavy (non-hydrogen) atoms. The number of nitriles is 1. The van der Waals surface area contributed by atoms with E-state index in [1.165, 1.54) is 58.7 Å². The van der Waals surface area contributed by atoms with Gasteiger partial charge in [0, 0.05) is 70.9 Å². The van der Waals surface area contributed by atoms with Gasteiger partial charge in [0.15, 0.2) is 0 Å². The number of amides is 2. The first-order valence-electron chi connectivity index (χ1n) is 25.1. The van der Waals surface area contributed by atoms with Gasteiger partial charge in [0.1, 0.15) is 17.7 Å². The van der Waals surface area contributed by atoms with Crippen LogP contribution in [0.4, 0.5) is 8.78 Å². The second-order valence-corrected chi connectivity index (χ2v) is 21.4. The highest BCUT2D eigenvalue weighted by Crippen LogP contribution is 2.31. The van der Waals surface area contributed by atoms with Gasteiger partial charge in [-0.25, -0.2) is 18.1 Å². The van der Waals surface area contributed by atoms with E-state index in [0.717, 1.165) is 20.5 Å². The van der Waals surface area contributed by atoms with Crippen LogP contribution in [0.1, 0.15) is 113 Å². The van der Waals surface area contributed by atoms with Gasteiger partial charge in [-0.05, 0) is 94.8 Å². The summed E-state index contributed by atoms with van der Waals surface area (Å²) in [4.78, 5) is 59.9. The fourth-order valence-electron chi connectivity index (χ4n) is 9.14. The largest absolute Gasteiger partial charge is 0.392 e. The van der Waals surface area contributed by atoms with Gasteiger partial charge in [0.05, 0.1) is 92.2 Å². The molecule has 0 aliphatic carbocycles. The van der Waals surface area contributed by atoms with Crippen LogP contribution in [0.3, 0.4) is 0 Å². The molecule has 0 bridgehead atoms. The molecular formula is C59H52ClF2N13O6. The lowest BCUT2D eigenvalue weighted by atomic mass is 9.86. The van der Waals surface area contributed by atoms with Gasteiger partial charge in [0.2, 0.25) is 0 Å². The van der Waals surface area contributed by atoms with Crippen LogP contribution in [0, 0.1) is 23.0 Å². The summed E-state index contributed by atoms with van der Waals surface area (Å²) in [5.74, 6) is -2.70. The molecule has 22 heteroatoms. The van der Waals surface area contributed by atoms with Crippen LogP contribution in [0.2, 0.25) is 5.02 Å². The van der Waals surface area contributed by atoms with Gasteiger partial charge in [-0.1, -0.05) is 65.3 Å². The molecule has 0 fully saturated rings. The molecule has 6 aromatic heterocycles. The monoisotopic (exact) mass is 1110 g/mol. The van der Waals surface area contributed by atoms with Crippen LogP contribution in [0.25, 0.3) is 44.3 Å². The van der Waals surface area contributed by atoms with E-state index in [2.05, 4.69) is 30.4 Å². The molecule has 0 aliphatic rings. The third kappa shape index (κ3) is 11.3. The summed E-state index contributed by atoms with van der Waals surface area (Å²) >= 11 is 5.93. The number of carbonyl (C=O) groups is 2. The van der Waals surface area contributed by atoms with Crippen molar-refractivity contribution in [1.82, 2.24) is 49.1 Å². The quantitative estimate of drug-likeness (QED) is 0.0914. The summed E-state index contributed by atoms with van der Waals surface area (Å²) in [6.07, 6.45) is 9.02. The number of aliphatic hydroxyl groups is 2. The van der Waals surface area contributed by atoms with Crippen molar-refractivity contribution in [1.29, 1.82) is 5.26 Å². The Morgan fingerprint density at radius 2 is 1.04 bits per heavy atom. The van der Waals surface area contributed by atoms with E-state index in [1.54, 1.807) is 72.8 Å². The highest BCUT2D eigenvalue weighted by molar-refractivity contribution is 6.30. The molecule has 6 N–H and O–H groups in total. The molecule has 2 amide bonds. The highest BCUT2D eigenvalue weighted by Gasteiger charge is 2.25. The molecule has 0 atom stereocenters. The van der Waals surface area contributed by atoms with Crippen molar-refractivity contribution in [3.8, 4) is 28.8 Å². The van der Waals surface area contributed by atoms with E-state index in [9.17, 15) is 29.4 Å². The SMILES string of the molecule is CC(C)(C)c1cc(F)c2c(=O)n(-c3cccc(-n4cc(C(N)=O)c(Cc5ccc(C#N)cn5)n4)c3CO)ncc2c1.CC(C)(C)c1cc(F)c2c(=O)n(-c3cccc(-n4cc(C(N)=O)c(Cc5ccc(Cl)cn5)n4)c3CO)ncc2c1. The predicted octanol–water partition coefficient (Wildman–Crippen LogP) is 7.70. The summed E-state index contributed by atoms with van der Waals surface area (Å²) < 4.78 is 35.3. The normalized spacial score (nSPS) is 11.6. The molecule has 0 unspecified atom stereocenters. The van der Waals surface area contributed by atoms with Gasteiger partial charge in [-0.3, -0.25) is 29.1 Å². The summed E-state index contributed by atoms with van der Waals surface area (Å²) in [5.41, 5.74) is 15.1. The van der Waals surface area contributed by atoms with Crippen molar-refractivity contribution in [3.63, 3.8) is 0 Å². The maximum absolute atomic E-state index is 15.2. The number of pyridine rings is 2. The van der Waals surface area contributed by atoms with Crippen molar-refractivity contribution in [2.24, 2.45) is 11.5 Å². The van der Waals surface area contributed by atoms with Crippen molar-refractivity contribution in [3.05, 3.63) is 221 Å². The zero-order valence-electron chi connectivity index (χ0n) is 44.6. The Kier molecular flexibility index (Phi) is 15.4. The van der Waals surface area contributed by atoms with Gasteiger partial charge >= 0.3 is 0 Å². The van der Waals surface area contributed by atoms with E-state index in [1.807, 2.05) is 47.6 Å². The number of aromatic nitrogens is 10. The first-order chi connectivity index (χ1) is 38.5. The second-order valence-electron chi connectivity index (χ2n) is 21.0. The fraction of sp³-hybridized carbons (Fsp3) is 0.203. The number of hydrogen-bond acceptors (Lipinski definition) is 13. The molecule has 0 aliphatic heterocycles. The zero-order chi connectivity index (χ0) is 58.2. The summed E-state index contributed by atoms with van der Waals surface area (Å²) in [7, 11) is 0. The Morgan fingerprint density at radius 1 is 0.617 bits per heavy atom. The number of halogens is 3. The van der Waals surface area contributed by atoms with Crippen LogP contribution in [-0.4, -0.2) is 71.1 Å². The smallest absolute Gasteiger partial charge is 0.282 e. The molecular weight excluding hydrogens is 1060 g/mol. The summed E-state index contributed by atoms with van der Waals surface area (Å²) in [6.45, 7) is 10.7. The van der Waals surface area contributed by atoms with Crippen molar-refractivity contribution in [2.75, 3.05) is 0 Å². The molecule has 10 rings (SSSR count). The highest BCUT2D eigenvalue weighted by atomic mass is 35.5. The van der Waals surface area contributed by atoms with E-state index in [0.29, 0.717) is 55.5 Å². The van der Waals surface area contributed by atoms with Gasteiger partial charge in [0.25, 0.3) is 22.9 Å². The Labute approximate surface area is 466 Å². The topological polar surface area (TPSA) is 282 Å². The average molecular weight is 1110 g/mol. The van der Waals surface area contributed by atoms with Gasteiger partial charge in [-0.2, -0.15) is 35.0 Å². The third-order valence-corrected chi connectivity index (χ3v) is 13.7. The number of fused-ring (bicyclic) bond motifs is 2. The second kappa shape index (κ2) is 22.3. The Morgan fingerprint density at radius 3 is 1.40 bits per heavy atom. The Hall–Kier alpha value is -9.62. The van der Waals surface area contributed by atoms with Crippen molar-refractivity contribution < 1.29 is 28.6 Å². The number of hydrogen-bond donors (Lipinski definition) is 4. The van der Waals surface area contributed by atoms with E-state index in [4.69, 9.17) is 28.3 Å². The van der Waals surface area contributed by atoms with E-state index < -0.39 is 47.8 Å². The van der Waals surface area contributed by atoms with Gasteiger partial charge in [-0.15, -0.1) is 0 Å². The minimum absolute atomic E-state index is 0.106. The number of carbonyl (C=O) groups excluding carboxylic acids is 2. The summed E-state index contributed by atoms with van der Waals surface area (Å²) in [5, 5.41) is 48.5. The fourth-order valence-corrected chi connectivity index (χ4v) is 9.25. The summed E-state index contributed by atoms with van der Waals surface area (Å²) in [6, 6.07) is 24.7. The average Bonchev–Trinajstić information content (AvgIpc) is 4.20. The van der Waals surface area contributed by atoms with E-state index in [-0.39, 0.29) is 68.1 Å². The first kappa shape index (κ1) is 56.1. The van der Waals surface area contributed by atoms with Crippen LogP contribution in [0.5, 0.6) is 0 Å². The zero-order valence-corrected chi connectivity index (χ0v) is 45.4. The van der Waals surface area contributed by atoms with Crippen LogP contribution in [0.15, 0.2) is 132 Å². The Balaban J connectivity index is 0.000000196. The maximum atomic E-state index is 15.2. The molecule has 10 aromatic rings. The number of rotatable bonds is 12. The number of aliphatic hydroxyl groups excluding tert-OH is 2. The minimum Gasteiger partial charge on any atom is -0.392 e. The molecule has 6 heterocycles. The lowest BCUT2D eigenvalue weighted by Gasteiger charge is -2.20. The third-order valence-electron chi connectivity index (χ3n) is 13.5. The molecule has 4 aromatic carbocycles. The van der Waals surface area contributed by atoms with Crippen LogP contribution < -0.4 is 22.6 Å². The predicted molar refractivity (Wildman–Crippen MR) is 299 cm³/mol. The lowest BCUT2D eigenvalue weighted by molar-refractivity contribution is 0.0991. The number of benzene rings is 4. The number of nitrogens with two attached hydrogens (primary N) is 2. The first-order valence-corrected chi connectivity index (χ1v) is 25.5. The molecule has 0 radical (unpaired) electrons. The minimum atomic E-state index is -0.709. The molecule has 0 spiro atoms. The van der Waals surface area contributed by atoms with Gasteiger partial charge < -0.3 is 21.7 Å². The number of primary amides is 2. The number of nitrogens with zero attached hydrogens (tertiary/aromatic N) is 11. The lowest BCUT2D eigenvalue weighted by Crippen LogP contribution is -2.24. The standard InChI is InChI=1S/C30H26FN7O3.C29H26ClFN6O3/c1-30(2,3)19-9-18-14-35-38(29(41)27(18)23(31)10-19)26-6-4-5-25(22(26)16-39)37-15-21(28(33)40)24(36-37)11-20-8-7-17(12-32)13-34-20;1-29(2,3)17-9-16-12-34-37(28(40)26(16)22(31)10-17)25-6-4-5-24(21(25)15-38)36-14-20(27(32)39)23(35-36)11-19-8-7-18(30)13-33-19/h4-10,13-15,39H,11,16H2,1-3H3,(H2,33,40);4-10,12-14,38H,11,15H2,1-3H3,(H2,32,39). The molecule has 410 valence electrons.